The molecule has 0 radical (unpaired) electrons. The molecule has 1 saturated carbocycles. The first kappa shape index (κ1) is 18.2. The van der Waals surface area contributed by atoms with E-state index in [1.165, 1.54) is 24.8 Å². The van der Waals surface area contributed by atoms with E-state index in [0.717, 1.165) is 24.3 Å². The number of hydrogen-bond donors (Lipinski definition) is 1. The Morgan fingerprint density at radius 3 is 2.38 bits per heavy atom. The summed E-state index contributed by atoms with van der Waals surface area (Å²) in [6.45, 7) is 0.615. The van der Waals surface area contributed by atoms with Gasteiger partial charge in [0.15, 0.2) is 11.5 Å². The molecule has 1 N–H and O–H groups in total. The molecule has 0 spiro atoms. The fourth-order valence-corrected chi connectivity index (χ4v) is 3.82. The first-order chi connectivity index (χ1) is 12.7. The Kier molecular flexibility index (Phi) is 5.76. The molecule has 26 heavy (non-hydrogen) atoms. The van der Waals surface area contributed by atoms with Crippen LogP contribution in [0.2, 0.25) is 0 Å². The van der Waals surface area contributed by atoms with E-state index in [1.54, 1.807) is 38.7 Å². The van der Waals surface area contributed by atoms with E-state index in [2.05, 4.69) is 22.4 Å². The summed E-state index contributed by atoms with van der Waals surface area (Å²) in [6.07, 6.45) is 8.96. The quantitative estimate of drug-likeness (QED) is 0.859. The molecule has 0 bridgehead atoms. The van der Waals surface area contributed by atoms with E-state index >= 15 is 0 Å². The Labute approximate surface area is 154 Å². The molecule has 138 valence electrons. The van der Waals surface area contributed by atoms with Crippen molar-refractivity contribution in [1.82, 2.24) is 10.3 Å². The minimum Gasteiger partial charge on any atom is -0.493 e. The second-order valence-corrected chi connectivity index (χ2v) is 6.83. The van der Waals surface area contributed by atoms with Crippen molar-refractivity contribution in [1.29, 1.82) is 0 Å². The van der Waals surface area contributed by atoms with Crippen molar-refractivity contribution < 1.29 is 14.3 Å². The summed E-state index contributed by atoms with van der Waals surface area (Å²) in [5.41, 5.74) is 1.77. The number of ether oxygens (including phenoxy) is 2. The molecule has 0 saturated heterocycles. The van der Waals surface area contributed by atoms with Crippen molar-refractivity contribution in [2.45, 2.75) is 37.5 Å². The lowest BCUT2D eigenvalue weighted by atomic mass is 9.69. The molecule has 0 aliphatic heterocycles. The van der Waals surface area contributed by atoms with E-state index < -0.39 is 0 Å². The van der Waals surface area contributed by atoms with Crippen LogP contribution in [0, 0.1) is 0 Å². The Bertz CT molecular complexity index is 740. The van der Waals surface area contributed by atoms with E-state index in [-0.39, 0.29) is 11.3 Å². The number of rotatable bonds is 6. The van der Waals surface area contributed by atoms with Crippen molar-refractivity contribution in [3.8, 4) is 11.5 Å². The average molecular weight is 354 g/mol. The van der Waals surface area contributed by atoms with E-state index in [1.807, 2.05) is 6.07 Å². The first-order valence-corrected chi connectivity index (χ1v) is 9.09. The molecule has 1 aromatic heterocycles. The number of benzene rings is 1. The fraction of sp³-hybridized carbons (Fsp3) is 0.429. The summed E-state index contributed by atoms with van der Waals surface area (Å²) in [4.78, 5) is 16.5. The lowest BCUT2D eigenvalue weighted by Gasteiger charge is -2.38. The lowest BCUT2D eigenvalue weighted by molar-refractivity contribution is 0.0936. The zero-order valence-electron chi connectivity index (χ0n) is 15.5. The van der Waals surface area contributed by atoms with Crippen LogP contribution in [0.1, 0.15) is 48.0 Å². The van der Waals surface area contributed by atoms with Crippen molar-refractivity contribution in [2.24, 2.45) is 0 Å². The van der Waals surface area contributed by atoms with Crippen molar-refractivity contribution in [2.75, 3.05) is 20.8 Å². The molecule has 3 rings (SSSR count). The van der Waals surface area contributed by atoms with Crippen molar-refractivity contribution >= 4 is 5.91 Å². The van der Waals surface area contributed by atoms with Gasteiger partial charge in [-0.2, -0.15) is 0 Å². The number of amides is 1. The molecule has 2 aromatic rings. The van der Waals surface area contributed by atoms with Gasteiger partial charge in [-0.15, -0.1) is 0 Å². The van der Waals surface area contributed by atoms with Crippen LogP contribution in [0.15, 0.2) is 42.7 Å². The molecule has 5 heteroatoms. The average Bonchev–Trinajstić information content (AvgIpc) is 2.72. The minimum absolute atomic E-state index is 0.0576. The standard InChI is InChI=1S/C21H26N2O3/c1-25-18-7-6-17(14-19(18)26-2)21(10-4-3-5-11-21)15-23-20(24)16-8-12-22-13-9-16/h6-9,12-14H,3-5,10-11,15H2,1-2H3,(H,23,24). The Hall–Kier alpha value is -2.56. The molecule has 1 fully saturated rings. The van der Waals surface area contributed by atoms with Crippen LogP contribution in [0.5, 0.6) is 11.5 Å². The predicted molar refractivity (Wildman–Crippen MR) is 101 cm³/mol. The molecule has 1 amide bonds. The Balaban J connectivity index is 1.84. The van der Waals surface area contributed by atoms with Gasteiger partial charge in [-0.3, -0.25) is 9.78 Å². The maximum absolute atomic E-state index is 12.5. The highest BCUT2D eigenvalue weighted by molar-refractivity contribution is 5.94. The van der Waals surface area contributed by atoms with Gasteiger partial charge < -0.3 is 14.8 Å². The number of methoxy groups -OCH3 is 2. The largest absolute Gasteiger partial charge is 0.493 e. The van der Waals surface area contributed by atoms with Gasteiger partial charge in [0.2, 0.25) is 0 Å². The maximum Gasteiger partial charge on any atom is 0.251 e. The molecular formula is C21H26N2O3. The van der Waals surface area contributed by atoms with E-state index in [9.17, 15) is 4.79 Å². The summed E-state index contributed by atoms with van der Waals surface area (Å²) < 4.78 is 10.9. The maximum atomic E-state index is 12.5. The van der Waals surface area contributed by atoms with Gasteiger partial charge in [0.1, 0.15) is 0 Å². The predicted octanol–water partition coefficient (Wildman–Crippen LogP) is 3.73. The van der Waals surface area contributed by atoms with E-state index in [0.29, 0.717) is 12.1 Å². The van der Waals surface area contributed by atoms with Gasteiger partial charge in [0.25, 0.3) is 5.91 Å². The number of carbonyl (C=O) groups excluding carboxylic acids is 1. The highest BCUT2D eigenvalue weighted by Gasteiger charge is 2.35. The number of aromatic nitrogens is 1. The minimum atomic E-state index is -0.0690. The first-order valence-electron chi connectivity index (χ1n) is 9.09. The van der Waals surface area contributed by atoms with Gasteiger partial charge in [-0.1, -0.05) is 25.3 Å². The molecule has 5 nitrogen and oxygen atoms in total. The molecular weight excluding hydrogens is 328 g/mol. The summed E-state index contributed by atoms with van der Waals surface area (Å²) in [6, 6.07) is 9.59. The Morgan fingerprint density at radius 2 is 1.73 bits per heavy atom. The highest BCUT2D eigenvalue weighted by Crippen LogP contribution is 2.42. The molecule has 1 aromatic carbocycles. The third kappa shape index (κ3) is 3.82. The molecule has 1 aliphatic rings. The number of carbonyl (C=O) groups is 1. The normalized spacial score (nSPS) is 15.9. The summed E-state index contributed by atoms with van der Waals surface area (Å²) in [7, 11) is 3.29. The van der Waals surface area contributed by atoms with Crippen LogP contribution in [0.3, 0.4) is 0 Å². The summed E-state index contributed by atoms with van der Waals surface area (Å²) in [5.74, 6) is 1.40. The summed E-state index contributed by atoms with van der Waals surface area (Å²) >= 11 is 0. The third-order valence-corrected chi connectivity index (χ3v) is 5.34. The van der Waals surface area contributed by atoms with Crippen LogP contribution in [-0.2, 0) is 5.41 Å². The van der Waals surface area contributed by atoms with Crippen LogP contribution in [0.4, 0.5) is 0 Å². The molecule has 1 aliphatic carbocycles. The van der Waals surface area contributed by atoms with Crippen LogP contribution in [0.25, 0.3) is 0 Å². The van der Waals surface area contributed by atoms with Gasteiger partial charge >= 0.3 is 0 Å². The monoisotopic (exact) mass is 354 g/mol. The van der Waals surface area contributed by atoms with Gasteiger partial charge in [0, 0.05) is 29.9 Å². The van der Waals surface area contributed by atoms with Crippen LogP contribution >= 0.6 is 0 Å². The van der Waals surface area contributed by atoms with Crippen molar-refractivity contribution in [3.05, 3.63) is 53.9 Å². The second kappa shape index (κ2) is 8.21. The zero-order valence-corrected chi connectivity index (χ0v) is 15.5. The van der Waals surface area contributed by atoms with Crippen LogP contribution in [-0.4, -0.2) is 31.7 Å². The molecule has 0 atom stereocenters. The SMILES string of the molecule is COc1ccc(C2(CNC(=O)c3ccncc3)CCCCC2)cc1OC. The molecule has 0 unspecified atom stereocenters. The fourth-order valence-electron chi connectivity index (χ4n) is 3.82. The summed E-state index contributed by atoms with van der Waals surface area (Å²) in [5, 5.41) is 3.14. The second-order valence-electron chi connectivity index (χ2n) is 6.83. The van der Waals surface area contributed by atoms with Gasteiger partial charge in [-0.05, 0) is 42.7 Å². The number of nitrogens with one attached hydrogen (secondary N) is 1. The van der Waals surface area contributed by atoms with Crippen molar-refractivity contribution in [3.63, 3.8) is 0 Å². The van der Waals surface area contributed by atoms with E-state index in [4.69, 9.17) is 9.47 Å². The number of hydrogen-bond acceptors (Lipinski definition) is 4. The van der Waals surface area contributed by atoms with Crippen LogP contribution < -0.4 is 14.8 Å². The third-order valence-electron chi connectivity index (χ3n) is 5.34. The van der Waals surface area contributed by atoms with Gasteiger partial charge in [0.05, 0.1) is 14.2 Å². The Morgan fingerprint density at radius 1 is 1.04 bits per heavy atom. The number of pyridine rings is 1. The van der Waals surface area contributed by atoms with Gasteiger partial charge in [-0.25, -0.2) is 0 Å². The molecule has 1 heterocycles. The number of nitrogens with zero attached hydrogens (tertiary/aromatic N) is 1. The lowest BCUT2D eigenvalue weighted by Crippen LogP contribution is -2.42. The zero-order chi connectivity index (χ0) is 18.4. The highest BCUT2D eigenvalue weighted by atomic mass is 16.5. The smallest absolute Gasteiger partial charge is 0.251 e. The topological polar surface area (TPSA) is 60.5 Å².